The number of halogens is 4. The number of pyridine rings is 1. The van der Waals surface area contributed by atoms with E-state index < -0.39 is 19.0 Å². The number of nitrogens with zero attached hydrogens (tertiary/aromatic N) is 1. The van der Waals surface area contributed by atoms with Gasteiger partial charge in [-0.1, -0.05) is 19.9 Å². The summed E-state index contributed by atoms with van der Waals surface area (Å²) in [5, 5.41) is 3.09. The Bertz CT molecular complexity index is 399. The van der Waals surface area contributed by atoms with Gasteiger partial charge in [-0.3, -0.25) is 0 Å². The molecule has 0 saturated carbocycles. The molecule has 108 valence electrons. The molecule has 1 aromatic rings. The molecule has 0 aliphatic heterocycles. The van der Waals surface area contributed by atoms with Crippen LogP contribution in [0.3, 0.4) is 0 Å². The smallest absolute Gasteiger partial charge is 0.340 e. The van der Waals surface area contributed by atoms with Gasteiger partial charge >= 0.3 is 12.3 Å². The van der Waals surface area contributed by atoms with Crippen molar-refractivity contribution in [3.8, 4) is 5.88 Å². The second-order valence-corrected chi connectivity index (χ2v) is 4.35. The van der Waals surface area contributed by atoms with Crippen molar-refractivity contribution in [2.24, 2.45) is 0 Å². The largest absolute Gasteiger partial charge is 0.471 e. The fourth-order valence-corrected chi connectivity index (χ4v) is 1.18. The van der Waals surface area contributed by atoms with Gasteiger partial charge in [0, 0.05) is 18.7 Å². The highest BCUT2D eigenvalue weighted by Gasteiger charge is 2.41. The SMILES string of the molecule is CC(C)NCc1cccc(OCC(F)(F)C(F)F)n1. The Balaban J connectivity index is 2.57. The monoisotopic (exact) mass is 280 g/mol. The zero-order valence-corrected chi connectivity index (χ0v) is 10.7. The van der Waals surface area contributed by atoms with Gasteiger partial charge in [0.1, 0.15) is 0 Å². The molecule has 0 fully saturated rings. The van der Waals surface area contributed by atoms with Crippen LogP contribution in [0.15, 0.2) is 18.2 Å². The quantitative estimate of drug-likeness (QED) is 0.780. The predicted molar refractivity (Wildman–Crippen MR) is 62.7 cm³/mol. The summed E-state index contributed by atoms with van der Waals surface area (Å²) in [6.45, 7) is 2.95. The lowest BCUT2D eigenvalue weighted by molar-refractivity contribution is -0.148. The van der Waals surface area contributed by atoms with Crippen LogP contribution >= 0.6 is 0 Å². The van der Waals surface area contributed by atoms with E-state index in [1.807, 2.05) is 13.8 Å². The third-order valence-corrected chi connectivity index (χ3v) is 2.20. The van der Waals surface area contributed by atoms with Crippen molar-refractivity contribution in [3.05, 3.63) is 23.9 Å². The molecule has 0 radical (unpaired) electrons. The maximum absolute atomic E-state index is 12.7. The van der Waals surface area contributed by atoms with Gasteiger partial charge in [-0.05, 0) is 6.07 Å². The fourth-order valence-electron chi connectivity index (χ4n) is 1.18. The number of aromatic nitrogens is 1. The van der Waals surface area contributed by atoms with Gasteiger partial charge in [-0.25, -0.2) is 13.8 Å². The predicted octanol–water partition coefficient (Wildman–Crippen LogP) is 2.86. The van der Waals surface area contributed by atoms with Crippen molar-refractivity contribution in [1.82, 2.24) is 10.3 Å². The van der Waals surface area contributed by atoms with Gasteiger partial charge in [0.2, 0.25) is 5.88 Å². The molecule has 1 heterocycles. The van der Waals surface area contributed by atoms with Crippen molar-refractivity contribution in [2.45, 2.75) is 38.8 Å². The number of nitrogens with one attached hydrogen (secondary N) is 1. The van der Waals surface area contributed by atoms with Crippen LogP contribution in [-0.2, 0) is 6.54 Å². The van der Waals surface area contributed by atoms with E-state index in [1.165, 1.54) is 6.07 Å². The van der Waals surface area contributed by atoms with Gasteiger partial charge in [-0.15, -0.1) is 0 Å². The molecule has 0 atom stereocenters. The molecular formula is C12H16F4N2O. The number of alkyl halides is 4. The van der Waals surface area contributed by atoms with Crippen LogP contribution in [0.5, 0.6) is 5.88 Å². The van der Waals surface area contributed by atoms with E-state index in [0.29, 0.717) is 12.2 Å². The lowest BCUT2D eigenvalue weighted by atomic mass is 10.3. The van der Waals surface area contributed by atoms with E-state index in [9.17, 15) is 17.6 Å². The summed E-state index contributed by atoms with van der Waals surface area (Å²) in [5.41, 5.74) is 0.589. The first-order chi connectivity index (χ1) is 8.81. The molecule has 0 bridgehead atoms. The third-order valence-electron chi connectivity index (χ3n) is 2.20. The zero-order valence-electron chi connectivity index (χ0n) is 10.7. The van der Waals surface area contributed by atoms with Crippen molar-refractivity contribution in [1.29, 1.82) is 0 Å². The lowest BCUT2D eigenvalue weighted by Crippen LogP contribution is -2.34. The lowest BCUT2D eigenvalue weighted by Gasteiger charge is -2.15. The fraction of sp³-hybridized carbons (Fsp3) is 0.583. The highest BCUT2D eigenvalue weighted by molar-refractivity contribution is 5.15. The molecule has 0 saturated heterocycles. The summed E-state index contributed by atoms with van der Waals surface area (Å²) in [4.78, 5) is 3.94. The molecule has 0 aliphatic carbocycles. The molecule has 0 unspecified atom stereocenters. The van der Waals surface area contributed by atoms with Gasteiger partial charge in [0.25, 0.3) is 0 Å². The number of hydrogen-bond donors (Lipinski definition) is 1. The Labute approximate surface area is 109 Å². The molecule has 0 aliphatic rings. The Morgan fingerprint density at radius 2 is 2.00 bits per heavy atom. The molecule has 0 amide bonds. The third kappa shape index (κ3) is 5.42. The van der Waals surface area contributed by atoms with E-state index in [1.54, 1.807) is 12.1 Å². The Hall–Kier alpha value is -1.37. The van der Waals surface area contributed by atoms with Crippen LogP contribution in [0.1, 0.15) is 19.5 Å². The van der Waals surface area contributed by atoms with Gasteiger partial charge in [0.15, 0.2) is 6.61 Å². The first-order valence-electron chi connectivity index (χ1n) is 5.79. The van der Waals surface area contributed by atoms with Gasteiger partial charge in [0.05, 0.1) is 5.69 Å². The molecule has 7 heteroatoms. The van der Waals surface area contributed by atoms with Gasteiger partial charge in [-0.2, -0.15) is 8.78 Å². The average molecular weight is 280 g/mol. The van der Waals surface area contributed by atoms with Crippen LogP contribution in [0, 0.1) is 0 Å². The van der Waals surface area contributed by atoms with E-state index in [4.69, 9.17) is 0 Å². The Kier molecular flexibility index (Phi) is 5.53. The highest BCUT2D eigenvalue weighted by Crippen LogP contribution is 2.23. The molecule has 19 heavy (non-hydrogen) atoms. The van der Waals surface area contributed by atoms with Crippen molar-refractivity contribution >= 4 is 0 Å². The number of ether oxygens (including phenoxy) is 1. The molecule has 1 N–H and O–H groups in total. The van der Waals surface area contributed by atoms with Crippen molar-refractivity contribution in [3.63, 3.8) is 0 Å². The molecule has 3 nitrogen and oxygen atoms in total. The first kappa shape index (κ1) is 15.7. The summed E-state index contributed by atoms with van der Waals surface area (Å²) >= 11 is 0. The van der Waals surface area contributed by atoms with Crippen LogP contribution in [0.25, 0.3) is 0 Å². The normalized spacial score (nSPS) is 12.2. The zero-order chi connectivity index (χ0) is 14.5. The first-order valence-corrected chi connectivity index (χ1v) is 5.79. The summed E-state index contributed by atoms with van der Waals surface area (Å²) in [7, 11) is 0. The Morgan fingerprint density at radius 1 is 1.32 bits per heavy atom. The number of hydrogen-bond acceptors (Lipinski definition) is 3. The van der Waals surface area contributed by atoms with E-state index >= 15 is 0 Å². The summed E-state index contributed by atoms with van der Waals surface area (Å²) < 4.78 is 53.8. The molecule has 1 aromatic heterocycles. The number of rotatable bonds is 7. The molecular weight excluding hydrogens is 264 g/mol. The summed E-state index contributed by atoms with van der Waals surface area (Å²) in [6, 6.07) is 4.85. The van der Waals surface area contributed by atoms with E-state index in [2.05, 4.69) is 15.0 Å². The standard InChI is InChI=1S/C12H16F4N2O/c1-8(2)17-6-9-4-3-5-10(18-9)19-7-12(15,16)11(13)14/h3-5,8,11,17H,6-7H2,1-2H3. The van der Waals surface area contributed by atoms with Crippen LogP contribution in [0.4, 0.5) is 17.6 Å². The van der Waals surface area contributed by atoms with Crippen LogP contribution in [0.2, 0.25) is 0 Å². The van der Waals surface area contributed by atoms with Crippen molar-refractivity contribution < 1.29 is 22.3 Å². The average Bonchev–Trinajstić information content (AvgIpc) is 2.34. The second-order valence-electron chi connectivity index (χ2n) is 4.35. The topological polar surface area (TPSA) is 34.1 Å². The maximum atomic E-state index is 12.7. The second kappa shape index (κ2) is 6.70. The molecule has 1 rings (SSSR count). The summed E-state index contributed by atoms with van der Waals surface area (Å²) in [5.74, 6) is -4.27. The van der Waals surface area contributed by atoms with Crippen molar-refractivity contribution in [2.75, 3.05) is 6.61 Å². The van der Waals surface area contributed by atoms with E-state index in [-0.39, 0.29) is 11.9 Å². The highest BCUT2D eigenvalue weighted by atomic mass is 19.3. The minimum absolute atomic E-state index is 0.0941. The van der Waals surface area contributed by atoms with E-state index in [0.717, 1.165) is 0 Å². The minimum Gasteiger partial charge on any atom is -0.471 e. The minimum atomic E-state index is -4.17. The van der Waals surface area contributed by atoms with Crippen LogP contribution in [-0.4, -0.2) is 30.0 Å². The maximum Gasteiger partial charge on any atom is 0.340 e. The molecule has 0 spiro atoms. The molecule has 0 aromatic carbocycles. The Morgan fingerprint density at radius 3 is 2.58 bits per heavy atom. The van der Waals surface area contributed by atoms with Crippen LogP contribution < -0.4 is 10.1 Å². The van der Waals surface area contributed by atoms with Gasteiger partial charge < -0.3 is 10.1 Å². The summed E-state index contributed by atoms with van der Waals surface area (Å²) in [6.07, 6.45) is -3.75.